The lowest BCUT2D eigenvalue weighted by Crippen LogP contribution is -2.51. The summed E-state index contributed by atoms with van der Waals surface area (Å²) in [5, 5.41) is 18.8. The van der Waals surface area contributed by atoms with Crippen LogP contribution in [-0.4, -0.2) is 38.9 Å². The molecule has 4 nitrogen and oxygen atoms in total. The van der Waals surface area contributed by atoms with E-state index in [4.69, 9.17) is 5.11 Å². The number of carbonyl (C=O) groups is 1. The van der Waals surface area contributed by atoms with E-state index in [9.17, 15) is 9.90 Å². The van der Waals surface area contributed by atoms with Crippen molar-refractivity contribution in [3.05, 3.63) is 0 Å². The van der Waals surface area contributed by atoms with Crippen molar-refractivity contribution in [3.63, 3.8) is 0 Å². The molecule has 0 spiro atoms. The van der Waals surface area contributed by atoms with Crippen LogP contribution in [0.4, 0.5) is 4.79 Å². The largest absolute Gasteiger partial charge is 0.465 e. The van der Waals surface area contributed by atoms with Crippen LogP contribution in [0.1, 0.15) is 32.6 Å². The molecule has 1 amide bonds. The maximum absolute atomic E-state index is 10.9. The minimum absolute atomic E-state index is 0.0475. The normalized spacial score (nSPS) is 43.7. The Morgan fingerprint density at radius 1 is 1.38 bits per heavy atom. The number of amides is 1. The van der Waals surface area contributed by atoms with Crippen LogP contribution in [0.2, 0.25) is 0 Å². The number of hydrogen-bond donors (Lipinski definition) is 2. The molecule has 0 radical (unpaired) electrons. The van der Waals surface area contributed by atoms with Gasteiger partial charge in [-0.25, -0.2) is 4.79 Å². The fourth-order valence-corrected chi connectivity index (χ4v) is 2.77. The summed E-state index contributed by atoms with van der Waals surface area (Å²) in [6, 6.07) is 0.0949. The van der Waals surface area contributed by atoms with E-state index in [2.05, 4.69) is 0 Å². The Kier molecular flexibility index (Phi) is 1.77. The molecular weight excluding hydrogens is 170 g/mol. The van der Waals surface area contributed by atoms with Gasteiger partial charge in [0.1, 0.15) is 0 Å². The predicted octanol–water partition coefficient (Wildman–Crippen LogP) is 1.04. The van der Waals surface area contributed by atoms with Crippen LogP contribution in [0, 0.1) is 0 Å². The quantitative estimate of drug-likeness (QED) is 0.592. The summed E-state index contributed by atoms with van der Waals surface area (Å²) < 4.78 is 0. The minimum Gasteiger partial charge on any atom is -0.465 e. The number of rotatable bonds is 0. The lowest BCUT2D eigenvalue weighted by Gasteiger charge is -2.40. The van der Waals surface area contributed by atoms with E-state index in [0.29, 0.717) is 12.8 Å². The van der Waals surface area contributed by atoms with Gasteiger partial charge in [-0.1, -0.05) is 0 Å². The summed E-state index contributed by atoms with van der Waals surface area (Å²) >= 11 is 0. The smallest absolute Gasteiger partial charge is 0.407 e. The van der Waals surface area contributed by atoms with Crippen LogP contribution in [-0.2, 0) is 0 Å². The lowest BCUT2D eigenvalue weighted by molar-refractivity contribution is -0.0307. The van der Waals surface area contributed by atoms with E-state index in [1.54, 1.807) is 6.92 Å². The van der Waals surface area contributed by atoms with Gasteiger partial charge in [-0.2, -0.15) is 0 Å². The van der Waals surface area contributed by atoms with Gasteiger partial charge in [-0.3, -0.25) is 0 Å². The third-order valence-corrected chi connectivity index (χ3v) is 3.19. The first-order valence-electron chi connectivity index (χ1n) is 4.73. The Labute approximate surface area is 77.2 Å². The van der Waals surface area contributed by atoms with Crippen molar-refractivity contribution in [1.82, 2.24) is 4.90 Å². The van der Waals surface area contributed by atoms with E-state index < -0.39 is 11.7 Å². The van der Waals surface area contributed by atoms with Crippen molar-refractivity contribution in [2.45, 2.75) is 50.3 Å². The topological polar surface area (TPSA) is 60.8 Å². The fourth-order valence-electron chi connectivity index (χ4n) is 2.77. The van der Waals surface area contributed by atoms with Crippen molar-refractivity contribution in [2.75, 3.05) is 0 Å². The zero-order chi connectivity index (χ0) is 9.64. The fraction of sp³-hybridized carbons (Fsp3) is 0.889. The SMILES string of the molecule is CC1(O)C[C@H]2CC[C@@H](C1)N2C(=O)O. The first kappa shape index (κ1) is 8.81. The highest BCUT2D eigenvalue weighted by atomic mass is 16.4. The number of carboxylic acid groups (broad SMARTS) is 1. The summed E-state index contributed by atoms with van der Waals surface area (Å²) in [6.45, 7) is 1.80. The molecule has 3 atom stereocenters. The van der Waals surface area contributed by atoms with Crippen molar-refractivity contribution in [2.24, 2.45) is 0 Å². The van der Waals surface area contributed by atoms with E-state index in [1.165, 1.54) is 4.90 Å². The second-order valence-electron chi connectivity index (χ2n) is 4.48. The molecule has 2 bridgehead atoms. The third-order valence-electron chi connectivity index (χ3n) is 3.19. The zero-order valence-corrected chi connectivity index (χ0v) is 7.73. The van der Waals surface area contributed by atoms with Gasteiger partial charge in [0.15, 0.2) is 0 Å². The second kappa shape index (κ2) is 2.61. The molecule has 4 heteroatoms. The number of fused-ring (bicyclic) bond motifs is 2. The van der Waals surface area contributed by atoms with Crippen LogP contribution in [0.25, 0.3) is 0 Å². The molecule has 74 valence electrons. The van der Waals surface area contributed by atoms with Gasteiger partial charge in [0.05, 0.1) is 5.60 Å². The Morgan fingerprint density at radius 2 is 1.85 bits per heavy atom. The van der Waals surface area contributed by atoms with Crippen LogP contribution in [0.15, 0.2) is 0 Å². The molecule has 0 aromatic carbocycles. The molecule has 0 aromatic rings. The standard InChI is InChI=1S/C9H15NO3/c1-9(13)4-6-2-3-7(5-9)10(6)8(11)12/h6-7,13H,2-5H2,1H3,(H,11,12)/t6-,7+,9?. The first-order valence-corrected chi connectivity index (χ1v) is 4.73. The molecule has 2 saturated heterocycles. The van der Waals surface area contributed by atoms with E-state index in [0.717, 1.165) is 12.8 Å². The maximum atomic E-state index is 10.9. The second-order valence-corrected chi connectivity index (χ2v) is 4.48. The van der Waals surface area contributed by atoms with Crippen molar-refractivity contribution >= 4 is 6.09 Å². The van der Waals surface area contributed by atoms with E-state index in [1.807, 2.05) is 0 Å². The average molecular weight is 185 g/mol. The van der Waals surface area contributed by atoms with Crippen LogP contribution in [0.5, 0.6) is 0 Å². The molecule has 0 aromatic heterocycles. The monoisotopic (exact) mass is 185 g/mol. The zero-order valence-electron chi connectivity index (χ0n) is 7.73. The van der Waals surface area contributed by atoms with Gasteiger partial charge < -0.3 is 15.1 Å². The Bertz CT molecular complexity index is 223. The molecule has 1 unspecified atom stereocenters. The van der Waals surface area contributed by atoms with Gasteiger partial charge in [0.2, 0.25) is 0 Å². The van der Waals surface area contributed by atoms with Gasteiger partial charge in [0, 0.05) is 12.1 Å². The number of piperidine rings is 1. The molecule has 2 N–H and O–H groups in total. The summed E-state index contributed by atoms with van der Waals surface area (Å²) in [7, 11) is 0. The van der Waals surface area contributed by atoms with Crippen molar-refractivity contribution < 1.29 is 15.0 Å². The molecule has 0 aliphatic carbocycles. The minimum atomic E-state index is -0.831. The number of aliphatic hydroxyl groups is 1. The molecule has 2 heterocycles. The summed E-state index contributed by atoms with van der Waals surface area (Å²) in [4.78, 5) is 12.4. The van der Waals surface area contributed by atoms with Gasteiger partial charge >= 0.3 is 6.09 Å². The molecule has 2 aliphatic rings. The number of hydrogen-bond acceptors (Lipinski definition) is 2. The summed E-state index contributed by atoms with van der Waals surface area (Å²) in [5.74, 6) is 0. The first-order chi connectivity index (χ1) is 5.99. The predicted molar refractivity (Wildman–Crippen MR) is 46.5 cm³/mol. The molecular formula is C9H15NO3. The third kappa shape index (κ3) is 1.39. The van der Waals surface area contributed by atoms with Crippen LogP contribution < -0.4 is 0 Å². The molecule has 0 saturated carbocycles. The van der Waals surface area contributed by atoms with Gasteiger partial charge in [-0.15, -0.1) is 0 Å². The Morgan fingerprint density at radius 3 is 2.23 bits per heavy atom. The van der Waals surface area contributed by atoms with Crippen LogP contribution in [0.3, 0.4) is 0 Å². The lowest BCUT2D eigenvalue weighted by atomic mass is 9.88. The summed E-state index contributed by atoms with van der Waals surface area (Å²) in [5.41, 5.74) is -0.655. The Balaban J connectivity index is 2.18. The molecule has 13 heavy (non-hydrogen) atoms. The Hall–Kier alpha value is -0.770. The average Bonchev–Trinajstić information content (AvgIpc) is 2.23. The summed E-state index contributed by atoms with van der Waals surface area (Å²) in [6.07, 6.45) is 2.18. The highest BCUT2D eigenvalue weighted by molar-refractivity contribution is 5.66. The maximum Gasteiger partial charge on any atom is 0.407 e. The molecule has 2 aliphatic heterocycles. The highest BCUT2D eigenvalue weighted by Crippen LogP contribution is 2.40. The van der Waals surface area contributed by atoms with Crippen molar-refractivity contribution in [1.29, 1.82) is 0 Å². The van der Waals surface area contributed by atoms with Gasteiger partial charge in [0.25, 0.3) is 0 Å². The highest BCUT2D eigenvalue weighted by Gasteiger charge is 2.47. The van der Waals surface area contributed by atoms with Gasteiger partial charge in [-0.05, 0) is 32.6 Å². The van der Waals surface area contributed by atoms with Crippen molar-refractivity contribution in [3.8, 4) is 0 Å². The number of nitrogens with zero attached hydrogens (tertiary/aromatic N) is 1. The van der Waals surface area contributed by atoms with Crippen LogP contribution >= 0.6 is 0 Å². The molecule has 2 fully saturated rings. The molecule has 2 rings (SSSR count). The van der Waals surface area contributed by atoms with E-state index >= 15 is 0 Å². The van der Waals surface area contributed by atoms with E-state index in [-0.39, 0.29) is 12.1 Å².